The van der Waals surface area contributed by atoms with Crippen molar-refractivity contribution in [2.75, 3.05) is 39.6 Å². The van der Waals surface area contributed by atoms with Crippen molar-refractivity contribution in [2.45, 2.75) is 62.5 Å². The summed E-state index contributed by atoms with van der Waals surface area (Å²) < 4.78 is 34.8. The normalized spacial score (nSPS) is 14.3. The molecule has 1 fully saturated rings. The van der Waals surface area contributed by atoms with Gasteiger partial charge in [-0.15, -0.1) is 0 Å². The number of ether oxygens (including phenoxy) is 1. The highest BCUT2D eigenvalue weighted by atomic mass is 32.2. The van der Waals surface area contributed by atoms with Crippen molar-refractivity contribution >= 4 is 32.9 Å². The van der Waals surface area contributed by atoms with Gasteiger partial charge in [-0.3, -0.25) is 0 Å². The van der Waals surface area contributed by atoms with Gasteiger partial charge in [0.1, 0.15) is 5.75 Å². The summed E-state index contributed by atoms with van der Waals surface area (Å²) in [7, 11) is 2.03. The molecule has 0 radical (unpaired) electrons. The van der Waals surface area contributed by atoms with Gasteiger partial charge in [0.2, 0.25) is 15.0 Å². The second-order valence-corrected chi connectivity index (χ2v) is 13.1. The lowest BCUT2D eigenvalue weighted by molar-refractivity contribution is 0.298. The number of aryl methyl sites for hydroxylation is 1. The minimum Gasteiger partial charge on any atom is -0.497 e. The molecule has 0 aliphatic heterocycles. The first kappa shape index (κ1) is 30.0. The number of rotatable bonds is 11. The van der Waals surface area contributed by atoms with Crippen molar-refractivity contribution in [2.24, 2.45) is 0 Å². The zero-order valence-corrected chi connectivity index (χ0v) is 25.6. The van der Waals surface area contributed by atoms with Gasteiger partial charge < -0.3 is 24.4 Å². The molecule has 4 rings (SSSR count). The third-order valence-corrected chi connectivity index (χ3v) is 9.23. The number of aromatic nitrogens is 2. The van der Waals surface area contributed by atoms with E-state index >= 15 is 0 Å². The van der Waals surface area contributed by atoms with Gasteiger partial charge in [0.15, 0.2) is 5.11 Å². The van der Waals surface area contributed by atoms with E-state index in [1.165, 1.54) is 6.42 Å². The van der Waals surface area contributed by atoms with E-state index in [1.54, 1.807) is 13.3 Å². The van der Waals surface area contributed by atoms with Crippen LogP contribution in [-0.4, -0.2) is 67.2 Å². The van der Waals surface area contributed by atoms with Gasteiger partial charge in [0, 0.05) is 24.8 Å². The Bertz CT molecular complexity index is 1380. The van der Waals surface area contributed by atoms with Crippen LogP contribution in [0.1, 0.15) is 55.0 Å². The molecule has 2 aromatic carbocycles. The molecule has 0 bridgehead atoms. The number of likely N-dealkylation sites (N-methyl/N-ethyl adjacent to an activating group) is 1. The number of anilines is 1. The van der Waals surface area contributed by atoms with Crippen molar-refractivity contribution in [1.82, 2.24) is 19.4 Å². The first-order valence-electron chi connectivity index (χ1n) is 13.9. The number of nitrogens with one attached hydrogen (secondary N) is 1. The van der Waals surface area contributed by atoms with Gasteiger partial charge in [-0.2, -0.15) is 0 Å². The maximum atomic E-state index is 13.8. The molecule has 1 aromatic heterocycles. The highest BCUT2D eigenvalue weighted by molar-refractivity contribution is 7.90. The van der Waals surface area contributed by atoms with Crippen LogP contribution in [0.25, 0.3) is 0 Å². The molecule has 40 heavy (non-hydrogen) atoms. The predicted octanol–water partition coefficient (Wildman–Crippen LogP) is 5.44. The van der Waals surface area contributed by atoms with Crippen LogP contribution in [0.5, 0.6) is 5.75 Å². The Balaban J connectivity index is 1.64. The van der Waals surface area contributed by atoms with Gasteiger partial charge in [0.05, 0.1) is 31.3 Å². The van der Waals surface area contributed by atoms with Crippen LogP contribution >= 0.6 is 12.2 Å². The third kappa shape index (κ3) is 7.83. The van der Waals surface area contributed by atoms with E-state index in [4.69, 9.17) is 17.0 Å². The summed E-state index contributed by atoms with van der Waals surface area (Å²) in [6.07, 6.45) is 6.97. The van der Waals surface area contributed by atoms with E-state index < -0.39 is 9.84 Å². The van der Waals surface area contributed by atoms with Crippen LogP contribution in [0.15, 0.2) is 59.9 Å². The van der Waals surface area contributed by atoms with E-state index in [9.17, 15) is 8.42 Å². The second kappa shape index (κ2) is 13.6. The van der Waals surface area contributed by atoms with Crippen molar-refractivity contribution in [3.8, 4) is 5.75 Å². The van der Waals surface area contributed by atoms with Gasteiger partial charge >= 0.3 is 0 Å². The van der Waals surface area contributed by atoms with E-state index in [0.29, 0.717) is 18.2 Å². The molecule has 0 saturated heterocycles. The van der Waals surface area contributed by atoms with E-state index in [-0.39, 0.29) is 17.0 Å². The maximum Gasteiger partial charge on any atom is 0.228 e. The van der Waals surface area contributed by atoms with Crippen molar-refractivity contribution < 1.29 is 13.2 Å². The Morgan fingerprint density at radius 1 is 1.10 bits per heavy atom. The fourth-order valence-corrected chi connectivity index (χ4v) is 6.99. The maximum absolute atomic E-state index is 13.8. The molecule has 1 aliphatic carbocycles. The molecular formula is C30H41N5O3S2. The Morgan fingerprint density at radius 2 is 1.82 bits per heavy atom. The summed E-state index contributed by atoms with van der Waals surface area (Å²) in [6, 6.07) is 15.4. The third-order valence-electron chi connectivity index (χ3n) is 7.30. The van der Waals surface area contributed by atoms with Crippen molar-refractivity contribution in [1.29, 1.82) is 0 Å². The molecule has 1 saturated carbocycles. The number of nitrogens with zero attached hydrogens (tertiary/aromatic N) is 4. The van der Waals surface area contributed by atoms with Crippen LogP contribution in [0.3, 0.4) is 0 Å². The highest BCUT2D eigenvalue weighted by Gasteiger charge is 2.30. The van der Waals surface area contributed by atoms with E-state index in [0.717, 1.165) is 60.5 Å². The molecule has 0 amide bonds. The molecule has 0 atom stereocenters. The average Bonchev–Trinajstić information content (AvgIpc) is 3.36. The molecule has 0 spiro atoms. The summed E-state index contributed by atoms with van der Waals surface area (Å²) in [5.74, 6) is 0.705. The Labute approximate surface area is 244 Å². The smallest absolute Gasteiger partial charge is 0.228 e. The first-order valence-corrected chi connectivity index (χ1v) is 15.9. The number of sulfone groups is 1. The lowest BCUT2D eigenvalue weighted by atomic mass is 9.95. The van der Waals surface area contributed by atoms with Crippen LogP contribution in [-0.2, 0) is 22.1 Å². The average molecular weight is 584 g/mol. The summed E-state index contributed by atoms with van der Waals surface area (Å²) in [4.78, 5) is 8.75. The predicted molar refractivity (Wildman–Crippen MR) is 165 cm³/mol. The molecule has 3 aromatic rings. The van der Waals surface area contributed by atoms with E-state index in [2.05, 4.69) is 20.1 Å². The van der Waals surface area contributed by atoms with E-state index in [1.807, 2.05) is 74.1 Å². The molecule has 8 nitrogen and oxygen atoms in total. The molecule has 1 heterocycles. The summed E-state index contributed by atoms with van der Waals surface area (Å²) in [6.45, 7) is 3.90. The van der Waals surface area contributed by atoms with Gasteiger partial charge in [-0.1, -0.05) is 49.1 Å². The van der Waals surface area contributed by atoms with Crippen LogP contribution in [0.2, 0.25) is 0 Å². The minimum absolute atomic E-state index is 0.0698. The lowest BCUT2D eigenvalue weighted by Crippen LogP contribution is -2.39. The number of benzene rings is 2. The summed E-state index contributed by atoms with van der Waals surface area (Å²) >= 11 is 5.87. The zero-order valence-electron chi connectivity index (χ0n) is 24.0. The quantitative estimate of drug-likeness (QED) is 0.299. The molecule has 1 aliphatic rings. The Kier molecular flexibility index (Phi) is 10.2. The SMILES string of the molecule is COc1ccc(NC(=S)N(CCN(C)C)Cc2cnc(S(=O)(=O)Cc3cccc(C)c3)n2C2CCCCC2)cc1. The second-order valence-electron chi connectivity index (χ2n) is 10.8. The fraction of sp³-hybridized carbons (Fsp3) is 0.467. The fourth-order valence-electron chi connectivity index (χ4n) is 5.19. The van der Waals surface area contributed by atoms with Gasteiger partial charge in [-0.25, -0.2) is 13.4 Å². The van der Waals surface area contributed by atoms with Gasteiger partial charge in [0.25, 0.3) is 0 Å². The summed E-state index contributed by atoms with van der Waals surface area (Å²) in [5, 5.41) is 4.09. The Morgan fingerprint density at radius 3 is 2.48 bits per heavy atom. The van der Waals surface area contributed by atoms with Crippen LogP contribution in [0, 0.1) is 6.92 Å². The van der Waals surface area contributed by atoms with Crippen molar-refractivity contribution in [3.63, 3.8) is 0 Å². The minimum atomic E-state index is -3.66. The number of imidazole rings is 1. The molecule has 0 unspecified atom stereocenters. The molecule has 10 heteroatoms. The first-order chi connectivity index (χ1) is 19.2. The highest BCUT2D eigenvalue weighted by Crippen LogP contribution is 2.33. The number of methoxy groups -OCH3 is 1. The topological polar surface area (TPSA) is 79.7 Å². The largest absolute Gasteiger partial charge is 0.497 e. The monoisotopic (exact) mass is 583 g/mol. The molecule has 1 N–H and O–H groups in total. The standard InChI is InChI=1S/C30H41N5O3S2/c1-23-9-8-10-24(19-23)22-40(36,37)30-31-20-27(35(30)26-11-6-5-7-12-26)21-34(18-17-33(2)3)29(39)32-25-13-15-28(38-4)16-14-25/h8-10,13-16,19-20,26H,5-7,11-12,17-18,21-22H2,1-4H3,(H,32,39). The van der Waals surface area contributed by atoms with Crippen LogP contribution in [0.4, 0.5) is 5.69 Å². The summed E-state index contributed by atoms with van der Waals surface area (Å²) in [5.41, 5.74) is 3.55. The number of hydrogen-bond acceptors (Lipinski definition) is 6. The Hall–Kier alpha value is -2.95. The molecule has 216 valence electrons. The van der Waals surface area contributed by atoms with Crippen molar-refractivity contribution in [3.05, 3.63) is 71.5 Å². The number of thiocarbonyl (C=S) groups is 1. The number of hydrogen-bond donors (Lipinski definition) is 1. The molecular weight excluding hydrogens is 542 g/mol. The lowest BCUT2D eigenvalue weighted by Gasteiger charge is -2.30. The van der Waals surface area contributed by atoms with Crippen LogP contribution < -0.4 is 10.1 Å². The zero-order chi connectivity index (χ0) is 28.7. The van der Waals surface area contributed by atoms with Gasteiger partial charge in [-0.05, 0) is 75.9 Å².